The molecule has 0 aliphatic heterocycles. The van der Waals surface area contributed by atoms with Crippen LogP contribution in [0.5, 0.6) is 0 Å². The van der Waals surface area contributed by atoms with Crippen LogP contribution in [0.3, 0.4) is 0 Å². The summed E-state index contributed by atoms with van der Waals surface area (Å²) in [6.07, 6.45) is 50.8. The summed E-state index contributed by atoms with van der Waals surface area (Å²) in [6.45, 7) is 4.87. The van der Waals surface area contributed by atoms with Crippen LogP contribution in [-0.2, 0) is 27.7 Å². The summed E-state index contributed by atoms with van der Waals surface area (Å²) >= 11 is 0. The third kappa shape index (κ3) is 46.3. The van der Waals surface area contributed by atoms with Crippen molar-refractivity contribution in [1.29, 1.82) is 0 Å². The van der Waals surface area contributed by atoms with Gasteiger partial charge in [-0.25, -0.2) is 0 Å². The van der Waals surface area contributed by atoms with Gasteiger partial charge in [0.25, 0.3) is 0 Å². The van der Waals surface area contributed by atoms with E-state index in [9.17, 15) is 45.0 Å². The maximum atomic E-state index is 13.6. The molecule has 0 aromatic heterocycles. The highest BCUT2D eigenvalue weighted by atomic mass is 28.4. The Balaban J connectivity index is 6.69. The highest BCUT2D eigenvalue weighted by molar-refractivity contribution is 6.60. The molecule has 0 spiro atoms. The third-order valence-electron chi connectivity index (χ3n) is 18.1. The van der Waals surface area contributed by atoms with Crippen LogP contribution < -0.4 is 16.0 Å². The maximum Gasteiger partial charge on any atom is 0.501 e. The first kappa shape index (κ1) is 86.2. The molecular formula is C71H145N4O12Si+. The highest BCUT2D eigenvalue weighted by Gasteiger charge is 2.49. The molecule has 17 heteroatoms. The number of hydrogen-bond donors (Lipinski definition) is 9. The number of carbonyl (C=O) groups excluding carboxylic acids is 3. The lowest BCUT2D eigenvalue weighted by Crippen LogP contribution is -2.64. The summed E-state index contributed by atoms with van der Waals surface area (Å²) in [7, 11) is 0.0206. The molecule has 0 rings (SSSR count). The summed E-state index contributed by atoms with van der Waals surface area (Å²) in [5.41, 5.74) is -5.06. The van der Waals surface area contributed by atoms with Crippen LogP contribution in [0.1, 0.15) is 329 Å². The number of carbonyl (C=O) groups is 3. The molecule has 0 aromatic rings. The van der Waals surface area contributed by atoms with E-state index in [1.165, 1.54) is 186 Å². The number of aliphatic hydroxyl groups excluding tert-OH is 6. The second-order valence-corrected chi connectivity index (χ2v) is 30.2. The van der Waals surface area contributed by atoms with Gasteiger partial charge in [0.2, 0.25) is 17.7 Å². The topological polar surface area (TPSA) is 236 Å². The zero-order valence-electron chi connectivity index (χ0n) is 58.3. The Bertz CT molecular complexity index is 1450. The first-order valence-electron chi connectivity index (χ1n) is 36.9. The monoisotopic (exact) mass is 1270 g/mol. The molecule has 88 heavy (non-hydrogen) atoms. The molecule has 0 radical (unpaired) electrons. The Morgan fingerprint density at radius 1 is 0.307 bits per heavy atom. The highest BCUT2D eigenvalue weighted by Crippen LogP contribution is 2.27. The van der Waals surface area contributed by atoms with Gasteiger partial charge in [-0.05, 0) is 32.1 Å². The van der Waals surface area contributed by atoms with Gasteiger partial charge in [0, 0.05) is 31.7 Å². The third-order valence-corrected chi connectivity index (χ3v) is 20.8. The number of unbranched alkanes of at least 4 members (excludes halogenated alkanes) is 39. The normalized spacial score (nSPS) is 12.5. The summed E-state index contributed by atoms with van der Waals surface area (Å²) < 4.78 is 21.2. The SMILES string of the molecule is CCCCCCCCCCCCCCCCCC[N+](C)(C)CCC[Si](OCC(CO)(CO)NC(=O)CCCCCCCCCCC)(OCC(CO)(CO)NC(=O)CCCCCCCCCCC)OCC(CO)(CO)NC(=O)CCCCCCCCCCC. The number of amides is 3. The average Bonchev–Trinajstić information content (AvgIpc) is 1.37. The molecule has 9 N–H and O–H groups in total. The van der Waals surface area contributed by atoms with Crippen LogP contribution in [0.15, 0.2) is 0 Å². The second-order valence-electron chi connectivity index (χ2n) is 27.5. The molecule has 0 fully saturated rings. The molecule has 0 saturated carbocycles. The first-order valence-corrected chi connectivity index (χ1v) is 38.9. The van der Waals surface area contributed by atoms with E-state index >= 15 is 0 Å². The van der Waals surface area contributed by atoms with Gasteiger partial charge in [0.05, 0.1) is 86.6 Å². The summed E-state index contributed by atoms with van der Waals surface area (Å²) in [5.74, 6) is -1.08. The molecule has 16 nitrogen and oxygen atoms in total. The van der Waals surface area contributed by atoms with Crippen LogP contribution in [0, 0.1) is 0 Å². The van der Waals surface area contributed by atoms with Crippen molar-refractivity contribution < 1.29 is 62.8 Å². The zero-order chi connectivity index (χ0) is 65.2. The number of hydrogen-bond acceptors (Lipinski definition) is 12. The van der Waals surface area contributed by atoms with Crippen molar-refractivity contribution in [2.45, 2.75) is 352 Å². The Labute approximate surface area is 541 Å². The zero-order valence-corrected chi connectivity index (χ0v) is 59.3. The summed E-state index contributed by atoms with van der Waals surface area (Å²) in [6, 6.07) is 0.117. The molecule has 0 atom stereocenters. The van der Waals surface area contributed by atoms with Gasteiger partial charge in [-0.3, -0.25) is 14.4 Å². The standard InChI is InChI=1S/C71H144N4O12Si/c1-7-11-15-19-23-27-28-29-30-31-32-33-37-41-45-49-54-75(5,6)55-50-56-88(85-63-69(57-76,58-77)72-66(82)51-46-42-38-34-24-20-16-12-8-2,86-64-70(59-78,60-79)73-67(83)52-47-43-39-35-25-21-17-13-9-3)87-65-71(61-80,62-81)74-68(84)53-48-44-40-36-26-22-18-14-10-4/h76-81H,7-65H2,1-6H3,(H2-,72,73,74,82,83,84)/p+1. The molecule has 0 aliphatic carbocycles. The number of rotatable bonds is 69. The van der Waals surface area contributed by atoms with Crippen molar-refractivity contribution in [2.75, 3.05) is 86.6 Å². The minimum absolute atomic E-state index is 0.117. The van der Waals surface area contributed by atoms with E-state index in [4.69, 9.17) is 13.3 Å². The van der Waals surface area contributed by atoms with Crippen molar-refractivity contribution in [3.63, 3.8) is 0 Å². The van der Waals surface area contributed by atoms with Gasteiger partial charge in [-0.15, -0.1) is 0 Å². The molecular weight excluding hydrogens is 1130 g/mol. The molecule has 0 bridgehead atoms. The lowest BCUT2D eigenvalue weighted by molar-refractivity contribution is -0.890. The van der Waals surface area contributed by atoms with E-state index in [0.29, 0.717) is 36.7 Å². The van der Waals surface area contributed by atoms with Crippen LogP contribution >= 0.6 is 0 Å². The van der Waals surface area contributed by atoms with Gasteiger partial charge < -0.3 is 64.4 Å². The minimum atomic E-state index is -4.34. The predicted molar refractivity (Wildman–Crippen MR) is 365 cm³/mol. The number of nitrogens with zero attached hydrogens (tertiary/aromatic N) is 1. The fraction of sp³-hybridized carbons (Fsp3) is 0.958. The number of quaternary nitrogens is 1. The molecule has 0 aliphatic rings. The predicted octanol–water partition coefficient (Wildman–Crippen LogP) is 14.0. The van der Waals surface area contributed by atoms with Crippen LogP contribution in [0.2, 0.25) is 6.04 Å². The van der Waals surface area contributed by atoms with Crippen molar-refractivity contribution in [1.82, 2.24) is 16.0 Å². The smallest absolute Gasteiger partial charge is 0.394 e. The Morgan fingerprint density at radius 2 is 0.500 bits per heavy atom. The van der Waals surface area contributed by atoms with E-state index in [1.54, 1.807) is 0 Å². The molecule has 0 saturated heterocycles. The summed E-state index contributed by atoms with van der Waals surface area (Å²) in [4.78, 5) is 40.9. The Kier molecular flexibility index (Phi) is 56.7. The van der Waals surface area contributed by atoms with E-state index in [-0.39, 0.29) is 43.0 Å². The van der Waals surface area contributed by atoms with E-state index in [1.807, 2.05) is 0 Å². The van der Waals surface area contributed by atoms with Gasteiger partial charge >= 0.3 is 8.80 Å². The van der Waals surface area contributed by atoms with E-state index in [2.05, 4.69) is 57.7 Å². The lowest BCUT2D eigenvalue weighted by atomic mass is 10.0. The van der Waals surface area contributed by atoms with Crippen molar-refractivity contribution in [3.8, 4) is 0 Å². The molecule has 0 aromatic carbocycles. The summed E-state index contributed by atoms with van der Waals surface area (Å²) in [5, 5.41) is 74.7. The average molecular weight is 1280 g/mol. The molecule has 3 amide bonds. The fourth-order valence-electron chi connectivity index (χ4n) is 11.6. The fourth-order valence-corrected chi connectivity index (χ4v) is 14.4. The number of nitrogens with one attached hydrogen (secondary N) is 3. The maximum absolute atomic E-state index is 13.6. The van der Waals surface area contributed by atoms with Crippen LogP contribution in [0.25, 0.3) is 0 Å². The van der Waals surface area contributed by atoms with Crippen molar-refractivity contribution >= 4 is 26.5 Å². The Hall–Kier alpha value is -1.77. The van der Waals surface area contributed by atoms with Crippen molar-refractivity contribution in [2.24, 2.45) is 0 Å². The molecule has 0 heterocycles. The van der Waals surface area contributed by atoms with Gasteiger partial charge in [-0.1, -0.05) is 272 Å². The molecule has 524 valence electrons. The first-order chi connectivity index (χ1) is 42.6. The lowest BCUT2D eigenvalue weighted by Gasteiger charge is -2.41. The number of aliphatic hydroxyl groups is 6. The largest absolute Gasteiger partial charge is 0.501 e. The minimum Gasteiger partial charge on any atom is -0.394 e. The van der Waals surface area contributed by atoms with Crippen LogP contribution in [-0.4, -0.2) is 165 Å². The second kappa shape index (κ2) is 57.9. The Morgan fingerprint density at radius 3 is 0.716 bits per heavy atom. The molecule has 0 unspecified atom stereocenters. The van der Waals surface area contributed by atoms with Gasteiger partial charge in [0.15, 0.2) is 0 Å². The van der Waals surface area contributed by atoms with E-state index < -0.39 is 84.9 Å². The van der Waals surface area contributed by atoms with Gasteiger partial charge in [0.1, 0.15) is 16.6 Å². The van der Waals surface area contributed by atoms with Gasteiger partial charge in [-0.2, -0.15) is 0 Å². The quantitative estimate of drug-likeness (QED) is 0.0157. The van der Waals surface area contributed by atoms with Crippen molar-refractivity contribution in [3.05, 3.63) is 0 Å². The van der Waals surface area contributed by atoms with E-state index in [0.717, 1.165) is 77.2 Å². The van der Waals surface area contributed by atoms with Crippen LogP contribution in [0.4, 0.5) is 0 Å².